The molecule has 14 heteroatoms. The standard InChI is InChI=1S/C17H23N5O3S.C2HF3O2/c1-20(2)12-17(23)19-13-5-6-16-14(11-13)15(21-9-4-8-18-21)7-10-22(16)26(3,24)25;3-2(4,5)1(6)7/h4-6,8-9,11,15H,7,10,12H2,1-3H3,(H,19,23);(H,6,7). The van der Waals surface area contributed by atoms with E-state index in [1.165, 1.54) is 10.6 Å². The minimum absolute atomic E-state index is 0.0799. The molecule has 0 fully saturated rings. The van der Waals surface area contributed by atoms with Crippen molar-refractivity contribution < 1.29 is 36.3 Å². The van der Waals surface area contributed by atoms with Crippen LogP contribution >= 0.6 is 0 Å². The lowest BCUT2D eigenvalue weighted by Gasteiger charge is -2.34. The summed E-state index contributed by atoms with van der Waals surface area (Å²) in [6, 6.07) is 7.08. The second-order valence-electron chi connectivity index (χ2n) is 7.49. The highest BCUT2D eigenvalue weighted by atomic mass is 32.2. The molecule has 1 atom stereocenters. The molecule has 0 aliphatic carbocycles. The van der Waals surface area contributed by atoms with E-state index >= 15 is 0 Å². The number of fused-ring (bicyclic) bond motifs is 1. The van der Waals surface area contributed by atoms with E-state index in [0.29, 0.717) is 24.3 Å². The summed E-state index contributed by atoms with van der Waals surface area (Å²) in [6.45, 7) is 0.665. The van der Waals surface area contributed by atoms with Crippen molar-refractivity contribution in [2.24, 2.45) is 0 Å². The molecule has 1 aromatic heterocycles. The Kier molecular flexibility index (Phi) is 8.08. The van der Waals surface area contributed by atoms with Gasteiger partial charge in [0.1, 0.15) is 0 Å². The lowest BCUT2D eigenvalue weighted by atomic mass is 9.97. The van der Waals surface area contributed by atoms with Gasteiger partial charge in [-0.15, -0.1) is 0 Å². The van der Waals surface area contributed by atoms with E-state index in [4.69, 9.17) is 9.90 Å². The largest absolute Gasteiger partial charge is 0.490 e. The number of carbonyl (C=O) groups excluding carboxylic acids is 1. The Hall–Kier alpha value is -3.13. The predicted molar refractivity (Wildman–Crippen MR) is 114 cm³/mol. The molecule has 0 spiro atoms. The van der Waals surface area contributed by atoms with E-state index in [-0.39, 0.29) is 18.5 Å². The van der Waals surface area contributed by atoms with Crippen LogP contribution in [0, 0.1) is 0 Å². The number of carboxylic acid groups (broad SMARTS) is 1. The molecule has 1 amide bonds. The first-order valence-electron chi connectivity index (χ1n) is 9.55. The summed E-state index contributed by atoms with van der Waals surface area (Å²) in [5, 5.41) is 14.3. The molecule has 1 unspecified atom stereocenters. The predicted octanol–water partition coefficient (Wildman–Crippen LogP) is 1.78. The van der Waals surface area contributed by atoms with E-state index in [0.717, 1.165) is 5.56 Å². The third-order valence-corrected chi connectivity index (χ3v) is 5.67. The third-order valence-electron chi connectivity index (χ3n) is 4.49. The van der Waals surface area contributed by atoms with Gasteiger partial charge >= 0.3 is 12.1 Å². The highest BCUT2D eigenvalue weighted by molar-refractivity contribution is 7.92. The molecular weight excluding hydrogens is 467 g/mol. The number of aliphatic carboxylic acids is 1. The molecule has 2 heterocycles. The number of benzene rings is 1. The van der Waals surface area contributed by atoms with Gasteiger partial charge in [-0.3, -0.25) is 13.8 Å². The van der Waals surface area contributed by atoms with Gasteiger partial charge < -0.3 is 15.3 Å². The van der Waals surface area contributed by atoms with E-state index in [1.54, 1.807) is 23.2 Å². The topological polar surface area (TPSA) is 125 Å². The zero-order chi connectivity index (χ0) is 25.0. The Balaban J connectivity index is 0.000000479. The Morgan fingerprint density at radius 2 is 1.94 bits per heavy atom. The lowest BCUT2D eigenvalue weighted by molar-refractivity contribution is -0.192. The molecule has 3 rings (SSSR count). The van der Waals surface area contributed by atoms with Crippen LogP contribution in [0.25, 0.3) is 0 Å². The van der Waals surface area contributed by atoms with Crippen LogP contribution in [0.5, 0.6) is 0 Å². The van der Waals surface area contributed by atoms with Crippen molar-refractivity contribution in [3.05, 3.63) is 42.2 Å². The Bertz CT molecular complexity index is 1090. The fourth-order valence-electron chi connectivity index (χ4n) is 3.21. The van der Waals surface area contributed by atoms with E-state index in [9.17, 15) is 26.4 Å². The maximum atomic E-state index is 12.2. The number of nitrogens with zero attached hydrogens (tertiary/aromatic N) is 4. The fraction of sp³-hybridized carbons (Fsp3) is 0.421. The summed E-state index contributed by atoms with van der Waals surface area (Å²) >= 11 is 0. The summed E-state index contributed by atoms with van der Waals surface area (Å²) in [6.07, 6.45) is 0.293. The first kappa shape index (κ1) is 26.1. The van der Waals surface area contributed by atoms with Gasteiger partial charge in [0.2, 0.25) is 15.9 Å². The van der Waals surface area contributed by atoms with Crippen LogP contribution in [0.15, 0.2) is 36.7 Å². The molecule has 2 N–H and O–H groups in total. The van der Waals surface area contributed by atoms with Crippen molar-refractivity contribution in [1.29, 1.82) is 0 Å². The normalized spacial score (nSPS) is 16.0. The molecule has 1 aliphatic heterocycles. The first-order chi connectivity index (χ1) is 15.2. The molecule has 10 nitrogen and oxygen atoms in total. The fourth-order valence-corrected chi connectivity index (χ4v) is 4.17. The van der Waals surface area contributed by atoms with Gasteiger partial charge in [0.25, 0.3) is 0 Å². The molecule has 0 saturated heterocycles. The van der Waals surface area contributed by atoms with Gasteiger partial charge in [0, 0.05) is 30.2 Å². The highest BCUT2D eigenvalue weighted by Crippen LogP contribution is 2.38. The number of rotatable bonds is 5. The van der Waals surface area contributed by atoms with Crippen LogP contribution < -0.4 is 9.62 Å². The number of hydrogen-bond acceptors (Lipinski definition) is 6. The zero-order valence-corrected chi connectivity index (χ0v) is 18.9. The molecule has 33 heavy (non-hydrogen) atoms. The molecular formula is C19H24F3N5O5S. The van der Waals surface area contributed by atoms with Crippen LogP contribution in [0.2, 0.25) is 0 Å². The number of anilines is 2. The van der Waals surface area contributed by atoms with Gasteiger partial charge in [-0.25, -0.2) is 13.2 Å². The second kappa shape index (κ2) is 10.2. The summed E-state index contributed by atoms with van der Waals surface area (Å²) < 4.78 is 59.3. The lowest BCUT2D eigenvalue weighted by Crippen LogP contribution is -2.37. The van der Waals surface area contributed by atoms with Crippen molar-refractivity contribution in [2.75, 3.05) is 43.1 Å². The zero-order valence-electron chi connectivity index (χ0n) is 18.1. The average molecular weight is 491 g/mol. The number of halogens is 3. The molecule has 1 aliphatic rings. The maximum Gasteiger partial charge on any atom is 0.490 e. The van der Waals surface area contributed by atoms with Gasteiger partial charge in [-0.2, -0.15) is 18.3 Å². The van der Waals surface area contributed by atoms with Gasteiger partial charge in [-0.1, -0.05) is 0 Å². The van der Waals surface area contributed by atoms with E-state index < -0.39 is 22.2 Å². The SMILES string of the molecule is CN(C)CC(=O)Nc1ccc2c(c1)C(n1cccn1)CCN2S(C)(=O)=O.O=C(O)C(F)(F)F. The minimum Gasteiger partial charge on any atom is -0.475 e. The molecule has 182 valence electrons. The third kappa shape index (κ3) is 7.18. The first-order valence-corrected chi connectivity index (χ1v) is 11.4. The van der Waals surface area contributed by atoms with Gasteiger partial charge in [-0.05, 0) is 44.8 Å². The van der Waals surface area contributed by atoms with Crippen LogP contribution in [-0.4, -0.2) is 79.7 Å². The number of nitrogens with one attached hydrogen (secondary N) is 1. The smallest absolute Gasteiger partial charge is 0.475 e. The van der Waals surface area contributed by atoms with Crippen LogP contribution in [0.4, 0.5) is 24.5 Å². The maximum absolute atomic E-state index is 12.2. The van der Waals surface area contributed by atoms with Crippen molar-refractivity contribution in [1.82, 2.24) is 14.7 Å². The molecule has 0 bridgehead atoms. The molecule has 0 saturated carbocycles. The molecule has 2 aromatic rings. The second-order valence-corrected chi connectivity index (χ2v) is 9.39. The number of hydrogen-bond donors (Lipinski definition) is 2. The van der Waals surface area contributed by atoms with Crippen LogP contribution in [0.3, 0.4) is 0 Å². The summed E-state index contributed by atoms with van der Waals surface area (Å²) in [5.74, 6) is -2.88. The molecule has 0 radical (unpaired) electrons. The average Bonchev–Trinajstić information content (AvgIpc) is 3.19. The number of carbonyl (C=O) groups is 2. The van der Waals surface area contributed by atoms with Crippen molar-refractivity contribution >= 4 is 33.3 Å². The van der Waals surface area contributed by atoms with Crippen molar-refractivity contribution in [2.45, 2.75) is 18.6 Å². The molecule has 1 aromatic carbocycles. The Labute approximate surface area is 188 Å². The number of amides is 1. The number of aromatic nitrogens is 2. The Morgan fingerprint density at radius 1 is 1.30 bits per heavy atom. The summed E-state index contributed by atoms with van der Waals surface area (Å²) in [4.78, 5) is 22.7. The van der Waals surface area contributed by atoms with Gasteiger partial charge in [0.05, 0.1) is 24.5 Å². The Morgan fingerprint density at radius 3 is 2.42 bits per heavy atom. The van der Waals surface area contributed by atoms with Crippen molar-refractivity contribution in [3.8, 4) is 0 Å². The number of likely N-dealkylation sites (N-methyl/N-ethyl adjacent to an activating group) is 1. The number of alkyl halides is 3. The number of carboxylic acids is 1. The highest BCUT2D eigenvalue weighted by Gasteiger charge is 2.38. The van der Waals surface area contributed by atoms with Crippen LogP contribution in [-0.2, 0) is 19.6 Å². The van der Waals surface area contributed by atoms with Crippen molar-refractivity contribution in [3.63, 3.8) is 0 Å². The summed E-state index contributed by atoms with van der Waals surface area (Å²) in [7, 11) is 0.273. The summed E-state index contributed by atoms with van der Waals surface area (Å²) in [5.41, 5.74) is 2.10. The van der Waals surface area contributed by atoms with E-state index in [2.05, 4.69) is 10.4 Å². The number of sulfonamides is 1. The minimum atomic E-state index is -5.08. The van der Waals surface area contributed by atoms with Gasteiger partial charge in [0.15, 0.2) is 0 Å². The van der Waals surface area contributed by atoms with Crippen LogP contribution in [0.1, 0.15) is 18.0 Å². The monoisotopic (exact) mass is 491 g/mol. The van der Waals surface area contributed by atoms with E-state index in [1.807, 2.05) is 37.1 Å². The quantitative estimate of drug-likeness (QED) is 0.653.